The lowest BCUT2D eigenvalue weighted by atomic mass is 9.70. The van der Waals surface area contributed by atoms with Gasteiger partial charge in [0.1, 0.15) is 0 Å². The number of hydrogen-bond donors (Lipinski definition) is 0. The predicted molar refractivity (Wildman–Crippen MR) is 73.1 cm³/mol. The Hall–Kier alpha value is -0.550. The molecule has 0 heterocycles. The second-order valence-electron chi connectivity index (χ2n) is 6.19. The van der Waals surface area contributed by atoms with Gasteiger partial charge in [-0.1, -0.05) is 39.0 Å². The second-order valence-corrected chi connectivity index (χ2v) is 6.19. The van der Waals surface area contributed by atoms with Crippen molar-refractivity contribution in [2.75, 3.05) is 6.61 Å². The van der Waals surface area contributed by atoms with E-state index in [0.29, 0.717) is 0 Å². The zero-order valence-corrected chi connectivity index (χ0v) is 11.8. The SMILES string of the molecule is CCCO[C@]1(C#N)CC[C@@H](C2CCCCC2)CC1. The maximum absolute atomic E-state index is 9.39. The van der Waals surface area contributed by atoms with Gasteiger partial charge in [0.2, 0.25) is 0 Å². The van der Waals surface area contributed by atoms with Crippen molar-refractivity contribution in [1.82, 2.24) is 0 Å². The molecule has 0 saturated heterocycles. The van der Waals surface area contributed by atoms with Crippen LogP contribution in [0.25, 0.3) is 0 Å². The van der Waals surface area contributed by atoms with Crippen LogP contribution in [0.2, 0.25) is 0 Å². The summed E-state index contributed by atoms with van der Waals surface area (Å²) in [6, 6.07) is 2.45. The summed E-state index contributed by atoms with van der Waals surface area (Å²) in [4.78, 5) is 0. The molecule has 2 nitrogen and oxygen atoms in total. The molecule has 2 rings (SSSR count). The molecule has 0 radical (unpaired) electrons. The molecule has 0 aromatic rings. The van der Waals surface area contributed by atoms with E-state index in [1.807, 2.05) is 0 Å². The largest absolute Gasteiger partial charge is 0.360 e. The van der Waals surface area contributed by atoms with Crippen LogP contribution >= 0.6 is 0 Å². The van der Waals surface area contributed by atoms with Gasteiger partial charge < -0.3 is 4.74 Å². The normalized spacial score (nSPS) is 34.1. The maximum atomic E-state index is 9.39. The summed E-state index contributed by atoms with van der Waals surface area (Å²) >= 11 is 0. The third-order valence-electron chi connectivity index (χ3n) is 4.94. The molecule has 2 fully saturated rings. The Labute approximate surface area is 112 Å². The molecule has 0 spiro atoms. The van der Waals surface area contributed by atoms with Crippen LogP contribution in [0.4, 0.5) is 0 Å². The summed E-state index contributed by atoms with van der Waals surface area (Å²) in [7, 11) is 0. The van der Waals surface area contributed by atoms with E-state index >= 15 is 0 Å². The van der Waals surface area contributed by atoms with E-state index in [2.05, 4.69) is 13.0 Å². The highest BCUT2D eigenvalue weighted by Gasteiger charge is 2.38. The van der Waals surface area contributed by atoms with Crippen LogP contribution in [-0.4, -0.2) is 12.2 Å². The number of ether oxygens (including phenoxy) is 1. The molecular formula is C16H27NO. The van der Waals surface area contributed by atoms with Gasteiger partial charge in [0.25, 0.3) is 0 Å². The first-order valence-corrected chi connectivity index (χ1v) is 7.85. The molecular weight excluding hydrogens is 222 g/mol. The number of nitriles is 1. The minimum atomic E-state index is -0.443. The molecule has 0 N–H and O–H groups in total. The minimum absolute atomic E-state index is 0.443. The summed E-state index contributed by atoms with van der Waals surface area (Å²) in [5, 5.41) is 9.39. The lowest BCUT2D eigenvalue weighted by molar-refractivity contribution is -0.0432. The van der Waals surface area contributed by atoms with Gasteiger partial charge in [0.05, 0.1) is 6.07 Å². The van der Waals surface area contributed by atoms with Crippen LogP contribution in [0.3, 0.4) is 0 Å². The van der Waals surface area contributed by atoms with Crippen molar-refractivity contribution in [3.63, 3.8) is 0 Å². The Kier molecular flexibility index (Phi) is 5.06. The average Bonchev–Trinajstić information content (AvgIpc) is 2.47. The van der Waals surface area contributed by atoms with Gasteiger partial charge in [-0.2, -0.15) is 5.26 Å². The molecule has 2 heteroatoms. The number of rotatable bonds is 4. The summed E-state index contributed by atoms with van der Waals surface area (Å²) < 4.78 is 5.84. The fraction of sp³-hybridized carbons (Fsp3) is 0.938. The van der Waals surface area contributed by atoms with Crippen molar-refractivity contribution in [3.05, 3.63) is 0 Å². The highest BCUT2D eigenvalue weighted by Crippen LogP contribution is 2.42. The smallest absolute Gasteiger partial charge is 0.154 e. The molecule has 0 aromatic heterocycles. The van der Waals surface area contributed by atoms with Crippen molar-refractivity contribution in [3.8, 4) is 6.07 Å². The lowest BCUT2D eigenvalue weighted by Crippen LogP contribution is -2.38. The zero-order chi connectivity index (χ0) is 12.8. The first kappa shape index (κ1) is 13.9. The summed E-state index contributed by atoms with van der Waals surface area (Å²) in [5.41, 5.74) is -0.443. The minimum Gasteiger partial charge on any atom is -0.360 e. The second kappa shape index (κ2) is 6.57. The van der Waals surface area contributed by atoms with E-state index in [1.165, 1.54) is 44.9 Å². The fourth-order valence-electron chi connectivity index (χ4n) is 3.77. The Morgan fingerprint density at radius 1 is 1.06 bits per heavy atom. The molecule has 18 heavy (non-hydrogen) atoms. The molecule has 102 valence electrons. The average molecular weight is 249 g/mol. The van der Waals surface area contributed by atoms with Gasteiger partial charge in [-0.05, 0) is 43.9 Å². The first-order valence-electron chi connectivity index (χ1n) is 7.85. The van der Waals surface area contributed by atoms with Crippen LogP contribution in [0.1, 0.15) is 71.1 Å². The van der Waals surface area contributed by atoms with Gasteiger partial charge in [-0.3, -0.25) is 0 Å². The third-order valence-corrected chi connectivity index (χ3v) is 4.94. The summed E-state index contributed by atoms with van der Waals surface area (Å²) in [6.45, 7) is 2.85. The van der Waals surface area contributed by atoms with E-state index in [4.69, 9.17) is 4.74 Å². The molecule has 2 aliphatic rings. The van der Waals surface area contributed by atoms with Gasteiger partial charge in [-0.25, -0.2) is 0 Å². The van der Waals surface area contributed by atoms with Crippen molar-refractivity contribution in [2.45, 2.75) is 76.7 Å². The zero-order valence-electron chi connectivity index (χ0n) is 11.8. The first-order chi connectivity index (χ1) is 8.79. The monoisotopic (exact) mass is 249 g/mol. The van der Waals surface area contributed by atoms with Crippen molar-refractivity contribution in [1.29, 1.82) is 5.26 Å². The molecule has 0 atom stereocenters. The Morgan fingerprint density at radius 2 is 1.67 bits per heavy atom. The molecule has 0 bridgehead atoms. The molecule has 2 saturated carbocycles. The standard InChI is InChI=1S/C16H27NO/c1-2-12-18-16(13-17)10-8-15(9-11-16)14-6-4-3-5-7-14/h14-15H,2-12H2,1H3/t15-,16-. The Morgan fingerprint density at radius 3 is 2.22 bits per heavy atom. The van der Waals surface area contributed by atoms with E-state index in [9.17, 15) is 5.26 Å². The van der Waals surface area contributed by atoms with Crippen LogP contribution in [-0.2, 0) is 4.74 Å². The summed E-state index contributed by atoms with van der Waals surface area (Å²) in [6.07, 6.45) is 12.5. The van der Waals surface area contributed by atoms with Crippen molar-refractivity contribution >= 4 is 0 Å². The van der Waals surface area contributed by atoms with E-state index in [0.717, 1.165) is 37.7 Å². The van der Waals surface area contributed by atoms with Gasteiger partial charge >= 0.3 is 0 Å². The highest BCUT2D eigenvalue weighted by atomic mass is 16.5. The van der Waals surface area contributed by atoms with Gasteiger partial charge in [0, 0.05) is 6.61 Å². The molecule has 0 aliphatic heterocycles. The summed E-state index contributed by atoms with van der Waals surface area (Å²) in [5.74, 6) is 1.82. The van der Waals surface area contributed by atoms with Gasteiger partial charge in [0.15, 0.2) is 5.60 Å². The van der Waals surface area contributed by atoms with Crippen LogP contribution in [0.15, 0.2) is 0 Å². The third kappa shape index (κ3) is 3.26. The molecule has 0 aromatic carbocycles. The molecule has 2 aliphatic carbocycles. The Bertz CT molecular complexity index is 280. The van der Waals surface area contributed by atoms with Crippen LogP contribution in [0, 0.1) is 23.2 Å². The van der Waals surface area contributed by atoms with E-state index in [-0.39, 0.29) is 0 Å². The fourth-order valence-corrected chi connectivity index (χ4v) is 3.77. The lowest BCUT2D eigenvalue weighted by Gasteiger charge is -2.39. The van der Waals surface area contributed by atoms with Crippen molar-refractivity contribution < 1.29 is 4.74 Å². The number of nitrogens with zero attached hydrogens (tertiary/aromatic N) is 1. The molecule has 0 amide bonds. The molecule has 0 unspecified atom stereocenters. The highest BCUT2D eigenvalue weighted by molar-refractivity contribution is 5.05. The topological polar surface area (TPSA) is 33.0 Å². The van der Waals surface area contributed by atoms with Crippen LogP contribution < -0.4 is 0 Å². The van der Waals surface area contributed by atoms with E-state index < -0.39 is 5.60 Å². The maximum Gasteiger partial charge on any atom is 0.154 e. The van der Waals surface area contributed by atoms with E-state index in [1.54, 1.807) is 0 Å². The predicted octanol–water partition coefficient (Wildman–Crippen LogP) is 4.45. The quantitative estimate of drug-likeness (QED) is 0.737. The van der Waals surface area contributed by atoms with Gasteiger partial charge in [-0.15, -0.1) is 0 Å². The van der Waals surface area contributed by atoms with Crippen molar-refractivity contribution in [2.24, 2.45) is 11.8 Å². The number of hydrogen-bond acceptors (Lipinski definition) is 2. The Balaban J connectivity index is 1.84. The van der Waals surface area contributed by atoms with Crippen LogP contribution in [0.5, 0.6) is 0 Å².